The van der Waals surface area contributed by atoms with Crippen molar-refractivity contribution in [2.24, 2.45) is 0 Å². The first kappa shape index (κ1) is 18.5. The maximum Gasteiger partial charge on any atom is 0.273 e. The molecule has 0 fully saturated rings. The summed E-state index contributed by atoms with van der Waals surface area (Å²) in [4.78, 5) is 13.0. The molecular formula is C20H12ClN3O2S. The fourth-order valence-corrected chi connectivity index (χ4v) is 3.74. The van der Waals surface area contributed by atoms with Gasteiger partial charge >= 0.3 is 0 Å². The molecule has 27 heavy (non-hydrogen) atoms. The first-order valence-electron chi connectivity index (χ1n) is 7.75. The summed E-state index contributed by atoms with van der Waals surface area (Å²) in [6, 6.07) is 17.6. The van der Waals surface area contributed by atoms with Gasteiger partial charge in [-0.25, -0.2) is 0 Å². The van der Waals surface area contributed by atoms with Crippen molar-refractivity contribution in [2.75, 3.05) is 7.11 Å². The van der Waals surface area contributed by atoms with E-state index in [1.807, 2.05) is 18.2 Å². The molecule has 132 valence electrons. The molecule has 0 saturated heterocycles. The highest BCUT2D eigenvalue weighted by atomic mass is 35.5. The third-order valence-corrected chi connectivity index (χ3v) is 5.07. The predicted octanol–water partition coefficient (Wildman–Crippen LogP) is 2.59. The maximum absolute atomic E-state index is 13.0. The van der Waals surface area contributed by atoms with E-state index in [1.54, 1.807) is 55.7 Å². The summed E-state index contributed by atoms with van der Waals surface area (Å²) in [5.41, 5.74) is 0.854. The monoisotopic (exact) mass is 393 g/mol. The highest BCUT2D eigenvalue weighted by molar-refractivity contribution is 7.07. The van der Waals surface area contributed by atoms with Crippen LogP contribution in [0.25, 0.3) is 17.3 Å². The topological polar surface area (TPSA) is 78.8 Å². The van der Waals surface area contributed by atoms with Gasteiger partial charge in [0.1, 0.15) is 22.6 Å². The van der Waals surface area contributed by atoms with Gasteiger partial charge in [-0.05, 0) is 48.0 Å². The molecule has 5 nitrogen and oxygen atoms in total. The molecule has 0 atom stereocenters. The van der Waals surface area contributed by atoms with Crippen molar-refractivity contribution in [2.45, 2.75) is 0 Å². The Morgan fingerprint density at radius 2 is 1.89 bits per heavy atom. The number of hydrogen-bond donors (Lipinski definition) is 0. The van der Waals surface area contributed by atoms with Gasteiger partial charge in [0.05, 0.1) is 17.3 Å². The Bertz CT molecular complexity index is 1240. The summed E-state index contributed by atoms with van der Waals surface area (Å²) in [7, 11) is 1.55. The van der Waals surface area contributed by atoms with E-state index < -0.39 is 0 Å². The van der Waals surface area contributed by atoms with Gasteiger partial charge in [-0.15, -0.1) is 11.3 Å². The lowest BCUT2D eigenvalue weighted by molar-refractivity contribution is 0.414. The van der Waals surface area contributed by atoms with Crippen molar-refractivity contribution >= 4 is 34.6 Å². The van der Waals surface area contributed by atoms with Crippen molar-refractivity contribution in [3.63, 3.8) is 0 Å². The largest absolute Gasteiger partial charge is 0.497 e. The third kappa shape index (κ3) is 3.78. The van der Waals surface area contributed by atoms with E-state index in [1.165, 1.54) is 4.57 Å². The third-order valence-electron chi connectivity index (χ3n) is 3.74. The zero-order valence-corrected chi connectivity index (χ0v) is 15.7. The fourth-order valence-electron chi connectivity index (χ4n) is 2.48. The summed E-state index contributed by atoms with van der Waals surface area (Å²) in [6.45, 7) is 0. The molecule has 0 bridgehead atoms. The molecular weight excluding hydrogens is 382 g/mol. The minimum Gasteiger partial charge on any atom is -0.497 e. The number of benzene rings is 2. The molecule has 3 rings (SSSR count). The van der Waals surface area contributed by atoms with Crippen LogP contribution in [-0.4, -0.2) is 11.7 Å². The van der Waals surface area contributed by atoms with Crippen LogP contribution in [0.4, 0.5) is 0 Å². The molecule has 2 aromatic carbocycles. The number of rotatable bonds is 3. The van der Waals surface area contributed by atoms with Crippen molar-refractivity contribution in [3.8, 4) is 23.6 Å². The van der Waals surface area contributed by atoms with Gasteiger partial charge < -0.3 is 4.74 Å². The lowest BCUT2D eigenvalue weighted by Gasteiger charge is -2.04. The summed E-state index contributed by atoms with van der Waals surface area (Å²) in [5.74, 6) is 0.638. The van der Waals surface area contributed by atoms with Gasteiger partial charge in [0.25, 0.3) is 5.56 Å². The Morgan fingerprint density at radius 1 is 1.19 bits per heavy atom. The van der Waals surface area contributed by atoms with Crippen LogP contribution in [-0.2, 0) is 0 Å². The number of ether oxygens (including phenoxy) is 1. The fraction of sp³-hybridized carbons (Fsp3) is 0.0500. The number of nitrogens with zero attached hydrogens (tertiary/aromatic N) is 3. The van der Waals surface area contributed by atoms with Crippen molar-refractivity contribution in [1.29, 1.82) is 10.5 Å². The van der Waals surface area contributed by atoms with E-state index in [2.05, 4.69) is 0 Å². The van der Waals surface area contributed by atoms with Crippen molar-refractivity contribution in [3.05, 3.63) is 78.7 Å². The normalized spacial score (nSPS) is 10.9. The van der Waals surface area contributed by atoms with E-state index in [9.17, 15) is 15.3 Å². The summed E-state index contributed by atoms with van der Waals surface area (Å²) in [5, 5.41) is 19.1. The van der Waals surface area contributed by atoms with Crippen LogP contribution >= 0.6 is 22.9 Å². The summed E-state index contributed by atoms with van der Waals surface area (Å²) in [6.07, 6.45) is 1.69. The van der Waals surface area contributed by atoms with Gasteiger partial charge in [-0.1, -0.05) is 23.7 Å². The first-order chi connectivity index (χ1) is 13.1. The molecule has 0 amide bonds. The van der Waals surface area contributed by atoms with Crippen LogP contribution in [0, 0.1) is 22.7 Å². The van der Waals surface area contributed by atoms with E-state index in [0.717, 1.165) is 16.9 Å². The number of methoxy groups -OCH3 is 1. The smallest absolute Gasteiger partial charge is 0.273 e. The van der Waals surface area contributed by atoms with E-state index in [4.69, 9.17) is 16.3 Å². The molecule has 0 N–H and O–H groups in total. The van der Waals surface area contributed by atoms with Gasteiger partial charge in [0.2, 0.25) is 0 Å². The second-order valence-corrected chi connectivity index (χ2v) is 6.88. The van der Waals surface area contributed by atoms with Crippen molar-refractivity contribution < 1.29 is 4.74 Å². The van der Waals surface area contributed by atoms with Crippen LogP contribution in [0.5, 0.6) is 5.75 Å². The van der Waals surface area contributed by atoms with E-state index >= 15 is 0 Å². The highest BCUT2D eigenvalue weighted by Gasteiger charge is 2.11. The van der Waals surface area contributed by atoms with Gasteiger partial charge in [0.15, 0.2) is 5.57 Å². The second-order valence-electron chi connectivity index (χ2n) is 5.41. The minimum atomic E-state index is -0.317. The molecule has 1 aromatic heterocycles. The standard InChI is InChI=1S/C20H12ClN3O2S/c1-26-17-7-5-16(6-8-17)24-19(25)18(27-20(24)14(11-22)12-23)10-13-3-2-4-15(21)9-13/h2-10H,1H3/b18-10+. The lowest BCUT2D eigenvalue weighted by Crippen LogP contribution is -2.30. The molecule has 0 aliphatic rings. The maximum atomic E-state index is 13.0. The minimum absolute atomic E-state index is 0.126. The number of hydrogen-bond acceptors (Lipinski definition) is 5. The molecule has 0 radical (unpaired) electrons. The predicted molar refractivity (Wildman–Crippen MR) is 105 cm³/mol. The Balaban J connectivity index is 2.35. The number of halogens is 1. The Morgan fingerprint density at radius 3 is 2.48 bits per heavy atom. The molecule has 0 aliphatic carbocycles. The summed E-state index contributed by atoms with van der Waals surface area (Å²) >= 11 is 7.09. The quantitative estimate of drug-likeness (QED) is 0.685. The average Bonchev–Trinajstić information content (AvgIpc) is 2.99. The number of aromatic nitrogens is 1. The van der Waals surface area contributed by atoms with Crippen molar-refractivity contribution in [1.82, 2.24) is 4.57 Å². The molecule has 0 saturated carbocycles. The van der Waals surface area contributed by atoms with Crippen LogP contribution in [0.1, 0.15) is 5.56 Å². The van der Waals surface area contributed by atoms with E-state index in [-0.39, 0.29) is 15.8 Å². The first-order valence-corrected chi connectivity index (χ1v) is 8.95. The van der Waals surface area contributed by atoms with Crippen LogP contribution in [0.15, 0.2) is 53.3 Å². The molecule has 3 aromatic rings. The van der Waals surface area contributed by atoms with Gasteiger partial charge in [-0.3, -0.25) is 9.36 Å². The second kappa shape index (κ2) is 7.92. The highest BCUT2D eigenvalue weighted by Crippen LogP contribution is 2.13. The molecule has 0 aliphatic heterocycles. The van der Waals surface area contributed by atoms with Gasteiger partial charge in [0, 0.05) is 5.02 Å². The summed E-state index contributed by atoms with van der Waals surface area (Å²) < 4.78 is 7.18. The number of nitriles is 2. The van der Waals surface area contributed by atoms with Crippen LogP contribution < -0.4 is 19.5 Å². The Labute approximate surface area is 163 Å². The van der Waals surface area contributed by atoms with Gasteiger partial charge in [-0.2, -0.15) is 10.5 Å². The molecule has 0 spiro atoms. The lowest BCUT2D eigenvalue weighted by atomic mass is 10.2. The number of thiazole rings is 1. The zero-order chi connectivity index (χ0) is 19.4. The average molecular weight is 394 g/mol. The zero-order valence-electron chi connectivity index (χ0n) is 14.1. The van der Waals surface area contributed by atoms with E-state index in [0.29, 0.717) is 21.0 Å². The molecule has 1 heterocycles. The van der Waals surface area contributed by atoms with Crippen LogP contribution in [0.2, 0.25) is 5.02 Å². The molecule has 7 heteroatoms. The Hall–Kier alpha value is -3.32. The molecule has 0 unspecified atom stereocenters. The van der Waals surface area contributed by atoms with Crippen LogP contribution in [0.3, 0.4) is 0 Å². The Kier molecular flexibility index (Phi) is 5.42. The SMILES string of the molecule is COc1ccc(-n2c(=C(C#N)C#N)s/c(=C/c3cccc(Cl)c3)c2=O)cc1.